The van der Waals surface area contributed by atoms with Crippen LogP contribution in [0.3, 0.4) is 0 Å². The van der Waals surface area contributed by atoms with Gasteiger partial charge in [0, 0.05) is 23.7 Å². The van der Waals surface area contributed by atoms with Crippen molar-refractivity contribution in [2.75, 3.05) is 25.1 Å². The second-order valence-corrected chi connectivity index (χ2v) is 7.21. The molecule has 6 heteroatoms. The van der Waals surface area contributed by atoms with Gasteiger partial charge in [0.05, 0.1) is 10.5 Å². The Kier molecular flexibility index (Phi) is 4.86. The van der Waals surface area contributed by atoms with Crippen molar-refractivity contribution in [3.63, 3.8) is 0 Å². The molecule has 0 bridgehead atoms. The van der Waals surface area contributed by atoms with E-state index in [0.717, 1.165) is 28.3 Å². The van der Waals surface area contributed by atoms with Gasteiger partial charge in [-0.25, -0.2) is 4.98 Å². The quantitative estimate of drug-likeness (QED) is 0.825. The van der Waals surface area contributed by atoms with Crippen molar-refractivity contribution in [2.24, 2.45) is 0 Å². The summed E-state index contributed by atoms with van der Waals surface area (Å²) in [5, 5.41) is 0. The molecule has 2 heterocycles. The Hall–Kier alpha value is 0.0900. The summed E-state index contributed by atoms with van der Waals surface area (Å²) in [5.41, 5.74) is 1.15. The fourth-order valence-corrected chi connectivity index (χ4v) is 4.10. The van der Waals surface area contributed by atoms with Crippen LogP contribution in [0.25, 0.3) is 0 Å². The van der Waals surface area contributed by atoms with Crippen LogP contribution in [-0.4, -0.2) is 40.0 Å². The minimum absolute atomic E-state index is 0.344. The molecule has 1 unspecified atom stereocenters. The molecule has 100 valence electrons. The van der Waals surface area contributed by atoms with Crippen LogP contribution in [0.15, 0.2) is 4.47 Å². The monoisotopic (exact) mass is 347 g/mol. The van der Waals surface area contributed by atoms with Crippen LogP contribution in [0.5, 0.6) is 0 Å². The van der Waals surface area contributed by atoms with E-state index in [-0.39, 0.29) is 0 Å². The summed E-state index contributed by atoms with van der Waals surface area (Å²) in [4.78, 5) is 10.4. The van der Waals surface area contributed by atoms with E-state index in [1.807, 2.05) is 11.8 Å². The van der Waals surface area contributed by atoms with Gasteiger partial charge in [0.15, 0.2) is 0 Å². The van der Waals surface area contributed by atoms with E-state index in [2.05, 4.69) is 51.7 Å². The van der Waals surface area contributed by atoms with Crippen molar-refractivity contribution < 1.29 is 0 Å². The zero-order valence-electron chi connectivity index (χ0n) is 10.9. The largest absolute Gasteiger partial charge is 0.344 e. The fraction of sp³-hybridized carbons (Fsp3) is 0.667. The van der Waals surface area contributed by atoms with Crippen molar-refractivity contribution in [1.29, 1.82) is 0 Å². The van der Waals surface area contributed by atoms with Gasteiger partial charge >= 0.3 is 0 Å². The molecule has 18 heavy (non-hydrogen) atoms. The smallest absolute Gasteiger partial charge is 0.144 e. The fourth-order valence-electron chi connectivity index (χ4n) is 2.02. The summed E-state index contributed by atoms with van der Waals surface area (Å²) >= 11 is 10.9. The second-order valence-electron chi connectivity index (χ2n) is 4.88. The molecule has 0 spiro atoms. The molecule has 1 N–H and O–H groups in total. The highest BCUT2D eigenvalue weighted by Crippen LogP contribution is 2.29. The molecule has 1 aromatic heterocycles. The van der Waals surface area contributed by atoms with Crippen LogP contribution in [0.4, 0.5) is 0 Å². The number of halogens is 1. The number of nitrogens with one attached hydrogen (secondary N) is 1. The Labute approximate surface area is 126 Å². The number of rotatable bonds is 2. The zero-order chi connectivity index (χ0) is 13.3. The highest BCUT2D eigenvalue weighted by atomic mass is 79.9. The number of aromatic amines is 1. The highest BCUT2D eigenvalue weighted by Gasteiger charge is 2.24. The summed E-state index contributed by atoms with van der Waals surface area (Å²) in [6.45, 7) is 5.42. The Morgan fingerprint density at radius 3 is 2.89 bits per heavy atom. The van der Waals surface area contributed by atoms with Crippen molar-refractivity contribution in [3.8, 4) is 0 Å². The second kappa shape index (κ2) is 6.03. The lowest BCUT2D eigenvalue weighted by Gasteiger charge is -2.31. The molecule has 0 aromatic carbocycles. The lowest BCUT2D eigenvalue weighted by molar-refractivity contribution is 0.263. The summed E-state index contributed by atoms with van der Waals surface area (Å²) < 4.78 is 1.60. The van der Waals surface area contributed by atoms with Gasteiger partial charge in [0.1, 0.15) is 10.5 Å². The number of aromatic nitrogens is 2. The molecule has 1 aliphatic rings. The van der Waals surface area contributed by atoms with Crippen LogP contribution in [-0.2, 0) is 0 Å². The van der Waals surface area contributed by atoms with E-state index in [0.29, 0.717) is 16.6 Å². The van der Waals surface area contributed by atoms with Crippen LogP contribution in [0, 0.1) is 4.64 Å². The predicted octanol–water partition coefficient (Wildman–Crippen LogP) is 3.74. The molecule has 1 atom stereocenters. The lowest BCUT2D eigenvalue weighted by Crippen LogP contribution is -2.34. The molecule has 0 saturated carbocycles. The third-order valence-corrected chi connectivity index (χ3v) is 5.58. The van der Waals surface area contributed by atoms with Gasteiger partial charge in [-0.3, -0.25) is 4.90 Å². The van der Waals surface area contributed by atoms with Crippen LogP contribution >= 0.6 is 39.9 Å². The van der Waals surface area contributed by atoms with E-state index < -0.39 is 0 Å². The Morgan fingerprint density at radius 1 is 1.56 bits per heavy atom. The Balaban J connectivity index is 2.42. The van der Waals surface area contributed by atoms with E-state index in [9.17, 15) is 0 Å². The molecule has 1 fully saturated rings. The van der Waals surface area contributed by atoms with E-state index >= 15 is 0 Å². The molecule has 1 aliphatic heterocycles. The standard InChI is InChI=1S/C12H18BrN3S2/c1-7(2)10-9(13)12(17)15-11(14-10)8-6-18-5-4-16(8)3/h7-8H,4-6H2,1-3H3,(H,14,15,17). The van der Waals surface area contributed by atoms with Gasteiger partial charge in [-0.15, -0.1) is 0 Å². The SMILES string of the molecule is CC(C)c1[nH]c(C2CSCCN2C)nc(=S)c1Br. The molecule has 3 nitrogen and oxygen atoms in total. The van der Waals surface area contributed by atoms with Crippen LogP contribution < -0.4 is 0 Å². The predicted molar refractivity (Wildman–Crippen MR) is 83.9 cm³/mol. The molecule has 0 amide bonds. The molecule has 1 saturated heterocycles. The molecule has 1 aromatic rings. The third-order valence-electron chi connectivity index (χ3n) is 3.20. The normalized spacial score (nSPS) is 21.5. The van der Waals surface area contributed by atoms with Gasteiger partial charge in [-0.05, 0) is 28.9 Å². The molecular formula is C12H18BrN3S2. The van der Waals surface area contributed by atoms with Gasteiger partial charge in [0.25, 0.3) is 0 Å². The summed E-state index contributed by atoms with van der Waals surface area (Å²) in [6.07, 6.45) is 0. The molecule has 0 aliphatic carbocycles. The van der Waals surface area contributed by atoms with Gasteiger partial charge in [-0.2, -0.15) is 11.8 Å². The Bertz CT molecular complexity index is 487. The van der Waals surface area contributed by atoms with Gasteiger partial charge < -0.3 is 4.98 Å². The third kappa shape index (κ3) is 2.98. The van der Waals surface area contributed by atoms with E-state index in [1.54, 1.807) is 0 Å². The first-order chi connectivity index (χ1) is 8.50. The number of hydrogen-bond acceptors (Lipinski definition) is 4. The maximum atomic E-state index is 5.35. The average Bonchev–Trinajstić information content (AvgIpc) is 2.33. The van der Waals surface area contributed by atoms with Crippen LogP contribution in [0.1, 0.15) is 37.3 Å². The topological polar surface area (TPSA) is 31.9 Å². The van der Waals surface area contributed by atoms with Crippen molar-refractivity contribution in [3.05, 3.63) is 20.6 Å². The summed E-state index contributed by atoms with van der Waals surface area (Å²) in [6, 6.07) is 0.344. The maximum Gasteiger partial charge on any atom is 0.144 e. The first-order valence-electron chi connectivity index (χ1n) is 6.08. The maximum absolute atomic E-state index is 5.35. The number of hydrogen-bond donors (Lipinski definition) is 1. The summed E-state index contributed by atoms with van der Waals surface area (Å²) in [5.74, 6) is 3.68. The first kappa shape index (κ1) is 14.5. The average molecular weight is 348 g/mol. The minimum atomic E-state index is 0.344. The number of H-pyrrole nitrogens is 1. The molecule has 0 radical (unpaired) electrons. The first-order valence-corrected chi connectivity index (χ1v) is 8.44. The Morgan fingerprint density at radius 2 is 2.28 bits per heavy atom. The minimum Gasteiger partial charge on any atom is -0.344 e. The summed E-state index contributed by atoms with van der Waals surface area (Å²) in [7, 11) is 2.15. The van der Waals surface area contributed by atoms with Crippen molar-refractivity contribution in [2.45, 2.75) is 25.8 Å². The number of thioether (sulfide) groups is 1. The molecule has 2 rings (SSSR count). The van der Waals surface area contributed by atoms with E-state index in [1.165, 1.54) is 5.75 Å². The molecular weight excluding hydrogens is 330 g/mol. The highest BCUT2D eigenvalue weighted by molar-refractivity contribution is 9.10. The van der Waals surface area contributed by atoms with Gasteiger partial charge in [0.2, 0.25) is 0 Å². The zero-order valence-corrected chi connectivity index (χ0v) is 14.1. The van der Waals surface area contributed by atoms with E-state index in [4.69, 9.17) is 12.2 Å². The van der Waals surface area contributed by atoms with Gasteiger partial charge in [-0.1, -0.05) is 26.1 Å². The van der Waals surface area contributed by atoms with Crippen LogP contribution in [0.2, 0.25) is 0 Å². The lowest BCUT2D eigenvalue weighted by atomic mass is 10.1. The number of nitrogens with zero attached hydrogens (tertiary/aromatic N) is 2. The van der Waals surface area contributed by atoms with Crippen molar-refractivity contribution >= 4 is 39.9 Å². The van der Waals surface area contributed by atoms with Crippen molar-refractivity contribution in [1.82, 2.24) is 14.9 Å².